The number of rotatable bonds is 1. The van der Waals surface area contributed by atoms with Crippen molar-refractivity contribution >= 4 is 27.3 Å². The zero-order chi connectivity index (χ0) is 11.8. The van der Waals surface area contributed by atoms with Crippen molar-refractivity contribution in [3.8, 4) is 11.3 Å². The van der Waals surface area contributed by atoms with Gasteiger partial charge in [0.05, 0.1) is 0 Å². The molecule has 0 saturated carbocycles. The Labute approximate surface area is 106 Å². The van der Waals surface area contributed by atoms with Crippen LogP contribution in [-0.4, -0.2) is 14.6 Å². The third-order valence-corrected chi connectivity index (χ3v) is 3.08. The van der Waals surface area contributed by atoms with Crippen molar-refractivity contribution in [3.63, 3.8) is 0 Å². The second-order valence-corrected chi connectivity index (χ2v) is 4.57. The average Bonchev–Trinajstić information content (AvgIpc) is 2.69. The van der Waals surface area contributed by atoms with Gasteiger partial charge in [-0.05, 0) is 18.2 Å². The Morgan fingerprint density at radius 3 is 2.65 bits per heavy atom. The topological polar surface area (TPSA) is 56.2 Å². The molecule has 3 aromatic rings. The first-order valence-corrected chi connectivity index (χ1v) is 5.90. The van der Waals surface area contributed by atoms with E-state index in [0.29, 0.717) is 11.3 Å². The van der Waals surface area contributed by atoms with Crippen LogP contribution in [0.15, 0.2) is 47.2 Å². The number of aromatic nitrogens is 3. The van der Waals surface area contributed by atoms with Crippen LogP contribution in [0.4, 0.5) is 5.69 Å². The van der Waals surface area contributed by atoms with Crippen LogP contribution in [0.2, 0.25) is 0 Å². The van der Waals surface area contributed by atoms with Gasteiger partial charge in [-0.15, -0.1) is 0 Å². The average molecular weight is 289 g/mol. The fourth-order valence-corrected chi connectivity index (χ4v) is 1.99. The summed E-state index contributed by atoms with van der Waals surface area (Å²) < 4.78 is 2.72. The Kier molecular flexibility index (Phi) is 2.33. The Morgan fingerprint density at radius 1 is 1.18 bits per heavy atom. The molecule has 0 atom stereocenters. The van der Waals surface area contributed by atoms with Gasteiger partial charge in [-0.25, -0.2) is 9.50 Å². The molecule has 0 aliphatic carbocycles. The van der Waals surface area contributed by atoms with Gasteiger partial charge in [0.25, 0.3) is 0 Å². The monoisotopic (exact) mass is 288 g/mol. The van der Waals surface area contributed by atoms with Crippen molar-refractivity contribution in [1.82, 2.24) is 14.6 Å². The molecule has 2 N–H and O–H groups in total. The Bertz CT molecular complexity index is 673. The van der Waals surface area contributed by atoms with E-state index < -0.39 is 0 Å². The summed E-state index contributed by atoms with van der Waals surface area (Å²) in [4.78, 5) is 4.21. The second kappa shape index (κ2) is 3.85. The van der Waals surface area contributed by atoms with E-state index in [9.17, 15) is 0 Å². The van der Waals surface area contributed by atoms with Crippen LogP contribution in [0.25, 0.3) is 16.9 Å². The molecular weight excluding hydrogens is 280 g/mol. The lowest BCUT2D eigenvalue weighted by atomic mass is 10.1. The maximum Gasteiger partial charge on any atom is 0.178 e. The summed E-state index contributed by atoms with van der Waals surface area (Å²) >= 11 is 3.40. The van der Waals surface area contributed by atoms with Crippen LogP contribution in [-0.2, 0) is 0 Å². The van der Waals surface area contributed by atoms with Crippen LogP contribution < -0.4 is 5.73 Å². The molecule has 0 aliphatic heterocycles. The molecule has 0 amide bonds. The standard InChI is InChI=1S/C12H9BrN4/c13-9-4-2-8(3-5-9)11-10(14)12-15-6-1-7-17(12)16-11/h1-7H,14H2. The van der Waals surface area contributed by atoms with Crippen molar-refractivity contribution < 1.29 is 0 Å². The van der Waals surface area contributed by atoms with Crippen LogP contribution in [0, 0.1) is 0 Å². The van der Waals surface area contributed by atoms with Crippen molar-refractivity contribution in [2.24, 2.45) is 0 Å². The molecule has 2 heterocycles. The zero-order valence-electron chi connectivity index (χ0n) is 8.84. The third-order valence-electron chi connectivity index (χ3n) is 2.55. The Balaban J connectivity index is 2.24. The molecule has 84 valence electrons. The molecule has 0 aliphatic rings. The summed E-state index contributed by atoms with van der Waals surface area (Å²) in [6.07, 6.45) is 3.54. The van der Waals surface area contributed by atoms with E-state index in [1.54, 1.807) is 10.7 Å². The zero-order valence-corrected chi connectivity index (χ0v) is 10.4. The van der Waals surface area contributed by atoms with E-state index in [-0.39, 0.29) is 0 Å². The summed E-state index contributed by atoms with van der Waals surface area (Å²) in [6.45, 7) is 0. The van der Waals surface area contributed by atoms with E-state index in [4.69, 9.17) is 5.73 Å². The summed E-state index contributed by atoms with van der Waals surface area (Å²) in [5.41, 5.74) is 9.08. The lowest BCUT2D eigenvalue weighted by molar-refractivity contribution is 0.943. The quantitative estimate of drug-likeness (QED) is 0.749. The van der Waals surface area contributed by atoms with Crippen molar-refractivity contribution in [3.05, 3.63) is 47.2 Å². The predicted octanol–water partition coefficient (Wildman–Crippen LogP) is 2.74. The van der Waals surface area contributed by atoms with Gasteiger partial charge in [0.15, 0.2) is 5.65 Å². The number of fused-ring (bicyclic) bond motifs is 1. The number of benzene rings is 1. The molecule has 17 heavy (non-hydrogen) atoms. The van der Waals surface area contributed by atoms with Crippen LogP contribution in [0.5, 0.6) is 0 Å². The highest BCUT2D eigenvalue weighted by Gasteiger charge is 2.11. The first-order valence-electron chi connectivity index (χ1n) is 5.10. The summed E-state index contributed by atoms with van der Waals surface area (Å²) in [5, 5.41) is 4.43. The lowest BCUT2D eigenvalue weighted by Gasteiger charge is -1.97. The van der Waals surface area contributed by atoms with Crippen LogP contribution in [0.1, 0.15) is 0 Å². The minimum Gasteiger partial charge on any atom is -0.394 e. The molecule has 2 aromatic heterocycles. The molecule has 0 radical (unpaired) electrons. The smallest absolute Gasteiger partial charge is 0.178 e. The van der Waals surface area contributed by atoms with Crippen molar-refractivity contribution in [1.29, 1.82) is 0 Å². The number of nitrogens with zero attached hydrogens (tertiary/aromatic N) is 3. The van der Waals surface area contributed by atoms with E-state index >= 15 is 0 Å². The van der Waals surface area contributed by atoms with E-state index in [0.717, 1.165) is 15.7 Å². The minimum atomic E-state index is 0.605. The van der Waals surface area contributed by atoms with E-state index in [2.05, 4.69) is 26.0 Å². The minimum absolute atomic E-state index is 0.605. The molecule has 4 nitrogen and oxygen atoms in total. The lowest BCUT2D eigenvalue weighted by Crippen LogP contribution is -1.89. The fourth-order valence-electron chi connectivity index (χ4n) is 1.73. The first-order chi connectivity index (χ1) is 8.25. The third kappa shape index (κ3) is 1.68. The summed E-state index contributed by atoms with van der Waals surface area (Å²) in [6, 6.07) is 9.70. The number of hydrogen-bond donors (Lipinski definition) is 1. The molecule has 0 fully saturated rings. The number of nitrogen functional groups attached to an aromatic ring is 1. The van der Waals surface area contributed by atoms with Gasteiger partial charge in [0, 0.05) is 22.4 Å². The Morgan fingerprint density at radius 2 is 1.94 bits per heavy atom. The molecule has 0 spiro atoms. The van der Waals surface area contributed by atoms with Gasteiger partial charge in [-0.1, -0.05) is 28.1 Å². The SMILES string of the molecule is Nc1c(-c2ccc(Br)cc2)nn2cccnc12. The number of hydrogen-bond acceptors (Lipinski definition) is 3. The molecule has 0 saturated heterocycles. The predicted molar refractivity (Wildman–Crippen MR) is 70.5 cm³/mol. The fraction of sp³-hybridized carbons (Fsp3) is 0. The maximum atomic E-state index is 6.05. The van der Waals surface area contributed by atoms with Gasteiger partial charge in [-0.3, -0.25) is 0 Å². The van der Waals surface area contributed by atoms with Gasteiger partial charge >= 0.3 is 0 Å². The number of anilines is 1. The van der Waals surface area contributed by atoms with Crippen molar-refractivity contribution in [2.45, 2.75) is 0 Å². The summed E-state index contributed by atoms with van der Waals surface area (Å²) in [5.74, 6) is 0. The molecule has 5 heteroatoms. The highest BCUT2D eigenvalue weighted by atomic mass is 79.9. The molecule has 3 rings (SSSR count). The van der Waals surface area contributed by atoms with Crippen molar-refractivity contribution in [2.75, 3.05) is 5.73 Å². The largest absolute Gasteiger partial charge is 0.394 e. The van der Waals surface area contributed by atoms with Gasteiger partial charge in [0.2, 0.25) is 0 Å². The van der Waals surface area contributed by atoms with E-state index in [1.807, 2.05) is 36.5 Å². The molecule has 0 bridgehead atoms. The van der Waals surface area contributed by atoms with Gasteiger partial charge in [-0.2, -0.15) is 5.10 Å². The highest BCUT2D eigenvalue weighted by molar-refractivity contribution is 9.10. The number of halogens is 1. The first kappa shape index (κ1) is 10.3. The van der Waals surface area contributed by atoms with Crippen LogP contribution in [0.3, 0.4) is 0 Å². The number of nitrogens with two attached hydrogens (primary N) is 1. The second-order valence-electron chi connectivity index (χ2n) is 3.66. The van der Waals surface area contributed by atoms with Gasteiger partial charge in [0.1, 0.15) is 11.4 Å². The van der Waals surface area contributed by atoms with Gasteiger partial charge < -0.3 is 5.73 Å². The highest BCUT2D eigenvalue weighted by Crippen LogP contribution is 2.27. The van der Waals surface area contributed by atoms with E-state index in [1.165, 1.54) is 0 Å². The summed E-state index contributed by atoms with van der Waals surface area (Å²) in [7, 11) is 0. The normalized spacial score (nSPS) is 10.9. The van der Waals surface area contributed by atoms with Crippen LogP contribution >= 0.6 is 15.9 Å². The molecule has 0 unspecified atom stereocenters. The maximum absolute atomic E-state index is 6.05. The molecule has 1 aromatic carbocycles. The molecular formula is C12H9BrN4. The Hall–Kier alpha value is -1.88.